The van der Waals surface area contributed by atoms with E-state index >= 15 is 0 Å². The number of likely N-dealkylation sites (N-methyl/N-ethyl adjacent to an activating group) is 1. The molecule has 1 aromatic rings. The average molecular weight is 280 g/mol. The minimum Gasteiger partial charge on any atom is -0.489 e. The van der Waals surface area contributed by atoms with Gasteiger partial charge < -0.3 is 25.0 Å². The first-order chi connectivity index (χ1) is 9.52. The molecular formula is C15H26N3O2+. The zero-order chi connectivity index (χ0) is 14.6. The maximum absolute atomic E-state index is 9.05. The van der Waals surface area contributed by atoms with E-state index in [4.69, 9.17) is 15.6 Å². The lowest BCUT2D eigenvalue weighted by Gasteiger charge is -2.33. The smallest absolute Gasteiger partial charge is 0.144 e. The molecule has 0 radical (unpaired) electrons. The number of nitrogens with two attached hydrogens (primary N) is 1. The molecule has 3 N–H and O–H groups in total. The highest BCUT2D eigenvalue weighted by Crippen LogP contribution is 2.33. The van der Waals surface area contributed by atoms with Crippen LogP contribution in [0.1, 0.15) is 6.42 Å². The van der Waals surface area contributed by atoms with Crippen LogP contribution in [-0.4, -0.2) is 63.1 Å². The highest BCUT2D eigenvalue weighted by Gasteiger charge is 2.19. The van der Waals surface area contributed by atoms with Gasteiger partial charge in [0.05, 0.1) is 39.5 Å². The summed E-state index contributed by atoms with van der Waals surface area (Å²) in [6.45, 7) is 4.74. The highest BCUT2D eigenvalue weighted by molar-refractivity contribution is 5.64. The molecule has 1 aromatic carbocycles. The van der Waals surface area contributed by atoms with Crippen molar-refractivity contribution in [3.63, 3.8) is 0 Å². The molecule has 2 rings (SSSR count). The van der Waals surface area contributed by atoms with Crippen LogP contribution in [0.2, 0.25) is 0 Å². The van der Waals surface area contributed by atoms with Gasteiger partial charge >= 0.3 is 0 Å². The molecule has 0 saturated heterocycles. The summed E-state index contributed by atoms with van der Waals surface area (Å²) in [7, 11) is 4.31. The molecule has 0 atom stereocenters. The molecule has 20 heavy (non-hydrogen) atoms. The van der Waals surface area contributed by atoms with Crippen LogP contribution in [0.5, 0.6) is 5.75 Å². The standard InChI is InChI=1S/C15H26N3O2/c1-18(2,9-10-19)8-3-6-17-7-11-20-15-12-13(16)4-5-14(15)17/h4-5,12,19H,3,6-11,16H2,1-2H3/q+1. The number of hydrogen-bond acceptors (Lipinski definition) is 4. The summed E-state index contributed by atoms with van der Waals surface area (Å²) in [4.78, 5) is 2.36. The van der Waals surface area contributed by atoms with E-state index in [1.165, 1.54) is 0 Å². The number of aliphatic hydroxyl groups is 1. The Morgan fingerprint density at radius 2 is 2.15 bits per heavy atom. The first kappa shape index (κ1) is 14.9. The molecule has 1 aliphatic heterocycles. The van der Waals surface area contributed by atoms with Crippen molar-refractivity contribution in [2.24, 2.45) is 0 Å². The van der Waals surface area contributed by atoms with Crippen molar-refractivity contribution >= 4 is 11.4 Å². The number of hydrogen-bond donors (Lipinski definition) is 2. The summed E-state index contributed by atoms with van der Waals surface area (Å²) in [5.41, 5.74) is 7.67. The van der Waals surface area contributed by atoms with E-state index in [2.05, 4.69) is 19.0 Å². The van der Waals surface area contributed by atoms with Crippen LogP contribution in [-0.2, 0) is 0 Å². The Hall–Kier alpha value is -1.46. The summed E-state index contributed by atoms with van der Waals surface area (Å²) in [6, 6.07) is 5.86. The number of rotatable bonds is 6. The molecule has 0 fully saturated rings. The molecule has 0 aromatic heterocycles. The molecule has 0 saturated carbocycles. The number of anilines is 2. The Kier molecular flexibility index (Phi) is 4.73. The Morgan fingerprint density at radius 3 is 2.90 bits per heavy atom. The van der Waals surface area contributed by atoms with Gasteiger partial charge in [0, 0.05) is 24.7 Å². The van der Waals surface area contributed by atoms with Crippen molar-refractivity contribution in [1.82, 2.24) is 0 Å². The van der Waals surface area contributed by atoms with Crippen LogP contribution in [0.3, 0.4) is 0 Å². The maximum atomic E-state index is 9.05. The van der Waals surface area contributed by atoms with Gasteiger partial charge in [-0.3, -0.25) is 0 Å². The van der Waals surface area contributed by atoms with Gasteiger partial charge in [-0.25, -0.2) is 0 Å². The normalized spacial score (nSPS) is 14.8. The van der Waals surface area contributed by atoms with Crippen LogP contribution in [0.25, 0.3) is 0 Å². The molecule has 1 heterocycles. The van der Waals surface area contributed by atoms with Gasteiger partial charge in [-0.2, -0.15) is 0 Å². The van der Waals surface area contributed by atoms with Crippen LogP contribution in [0.4, 0.5) is 11.4 Å². The maximum Gasteiger partial charge on any atom is 0.144 e. The highest BCUT2D eigenvalue weighted by atomic mass is 16.5. The van der Waals surface area contributed by atoms with E-state index in [-0.39, 0.29) is 6.61 Å². The Morgan fingerprint density at radius 1 is 1.35 bits per heavy atom. The molecule has 0 unspecified atom stereocenters. The minimum absolute atomic E-state index is 0.243. The summed E-state index contributed by atoms with van der Waals surface area (Å²) >= 11 is 0. The van der Waals surface area contributed by atoms with Crippen molar-refractivity contribution < 1.29 is 14.3 Å². The van der Waals surface area contributed by atoms with Gasteiger partial charge in [0.1, 0.15) is 18.9 Å². The predicted octanol–water partition coefficient (Wildman–Crippen LogP) is 0.926. The number of aliphatic hydroxyl groups excluding tert-OH is 1. The van der Waals surface area contributed by atoms with E-state index in [0.29, 0.717) is 6.61 Å². The van der Waals surface area contributed by atoms with Crippen molar-refractivity contribution in [2.45, 2.75) is 6.42 Å². The zero-order valence-electron chi connectivity index (χ0n) is 12.5. The lowest BCUT2D eigenvalue weighted by molar-refractivity contribution is -0.890. The second kappa shape index (κ2) is 6.33. The number of ether oxygens (including phenoxy) is 1. The molecule has 5 heteroatoms. The van der Waals surface area contributed by atoms with E-state index < -0.39 is 0 Å². The average Bonchev–Trinajstić information content (AvgIpc) is 2.38. The monoisotopic (exact) mass is 280 g/mol. The Labute approximate surface area is 121 Å². The van der Waals surface area contributed by atoms with Gasteiger partial charge in [-0.15, -0.1) is 0 Å². The molecule has 5 nitrogen and oxygen atoms in total. The number of nitrogens with zero attached hydrogens (tertiary/aromatic N) is 2. The second-order valence-corrected chi connectivity index (χ2v) is 6.02. The number of fused-ring (bicyclic) bond motifs is 1. The Balaban J connectivity index is 1.92. The quantitative estimate of drug-likeness (QED) is 0.601. The van der Waals surface area contributed by atoms with Gasteiger partial charge in [0.2, 0.25) is 0 Å². The van der Waals surface area contributed by atoms with Gasteiger partial charge in [-0.1, -0.05) is 0 Å². The largest absolute Gasteiger partial charge is 0.489 e. The summed E-state index contributed by atoms with van der Waals surface area (Å²) < 4.78 is 6.52. The number of benzene rings is 1. The van der Waals surface area contributed by atoms with Crippen LogP contribution < -0.4 is 15.4 Å². The summed E-state index contributed by atoms with van der Waals surface area (Å²) in [5, 5.41) is 9.05. The van der Waals surface area contributed by atoms with Gasteiger partial charge in [0.15, 0.2) is 0 Å². The summed E-state index contributed by atoms with van der Waals surface area (Å²) in [6.07, 6.45) is 1.09. The topological polar surface area (TPSA) is 58.7 Å². The first-order valence-corrected chi connectivity index (χ1v) is 7.22. The van der Waals surface area contributed by atoms with Crippen LogP contribution >= 0.6 is 0 Å². The number of quaternary nitrogens is 1. The fourth-order valence-corrected chi connectivity index (χ4v) is 2.60. The number of nitrogen functional groups attached to an aromatic ring is 1. The fourth-order valence-electron chi connectivity index (χ4n) is 2.60. The first-order valence-electron chi connectivity index (χ1n) is 7.22. The third kappa shape index (κ3) is 3.77. The van der Waals surface area contributed by atoms with Crippen molar-refractivity contribution in [3.05, 3.63) is 18.2 Å². The zero-order valence-corrected chi connectivity index (χ0v) is 12.5. The SMILES string of the molecule is C[N+](C)(CCO)CCCN1CCOc2cc(N)ccc21. The van der Waals surface area contributed by atoms with Crippen molar-refractivity contribution in [1.29, 1.82) is 0 Å². The molecule has 112 valence electrons. The van der Waals surface area contributed by atoms with E-state index in [1.807, 2.05) is 18.2 Å². The van der Waals surface area contributed by atoms with Crippen LogP contribution in [0.15, 0.2) is 18.2 Å². The molecule has 0 aliphatic carbocycles. The van der Waals surface area contributed by atoms with Gasteiger partial charge in [-0.05, 0) is 12.1 Å². The molecule has 0 amide bonds. The molecule has 0 spiro atoms. The second-order valence-electron chi connectivity index (χ2n) is 6.02. The third-order valence-corrected chi connectivity index (χ3v) is 3.84. The van der Waals surface area contributed by atoms with E-state index in [1.54, 1.807) is 0 Å². The van der Waals surface area contributed by atoms with Crippen molar-refractivity contribution in [2.75, 3.05) is 64.1 Å². The lowest BCUT2D eigenvalue weighted by Crippen LogP contribution is -2.44. The fraction of sp³-hybridized carbons (Fsp3) is 0.600. The predicted molar refractivity (Wildman–Crippen MR) is 82.1 cm³/mol. The minimum atomic E-state index is 0.243. The van der Waals surface area contributed by atoms with Crippen LogP contribution in [0, 0.1) is 0 Å². The Bertz CT molecular complexity index is 449. The van der Waals surface area contributed by atoms with E-state index in [0.717, 1.165) is 54.2 Å². The molecule has 1 aliphatic rings. The van der Waals surface area contributed by atoms with Gasteiger partial charge in [0.25, 0.3) is 0 Å². The lowest BCUT2D eigenvalue weighted by atomic mass is 10.2. The molecular weight excluding hydrogens is 254 g/mol. The van der Waals surface area contributed by atoms with E-state index in [9.17, 15) is 0 Å². The molecule has 0 bridgehead atoms. The summed E-state index contributed by atoms with van der Waals surface area (Å²) in [5.74, 6) is 0.889. The third-order valence-electron chi connectivity index (χ3n) is 3.84. The van der Waals surface area contributed by atoms with Crippen molar-refractivity contribution in [3.8, 4) is 5.75 Å².